The summed E-state index contributed by atoms with van der Waals surface area (Å²) in [6.07, 6.45) is 1.45. The van der Waals surface area contributed by atoms with Crippen LogP contribution in [0.25, 0.3) is 0 Å². The summed E-state index contributed by atoms with van der Waals surface area (Å²) in [5, 5.41) is 0. The van der Waals surface area contributed by atoms with E-state index in [1.165, 1.54) is 11.6 Å². The normalized spacial score (nSPS) is 12.1. The molecule has 1 rings (SSSR count). The Morgan fingerprint density at radius 2 is 2.07 bits per heavy atom. The Bertz CT molecular complexity index is 298. The number of methoxy groups -OCH3 is 1. The molecule has 1 atom stereocenters. The molecule has 0 saturated heterocycles. The molecule has 0 radical (unpaired) electrons. The standard InChI is InChI=1S/C12H16O2Se/c1-10(8-9-12(13)14-2)15-11-6-4-3-5-7-11/h3-7,10H,8-9H2,1-2H3. The molecule has 15 heavy (non-hydrogen) atoms. The molecule has 0 N–H and O–H groups in total. The SMILES string of the molecule is COC(=O)CCC(C)[Se]c1ccccc1. The molecule has 1 aromatic carbocycles. The van der Waals surface area contributed by atoms with Crippen LogP contribution in [0.5, 0.6) is 0 Å². The number of carbonyl (C=O) groups excluding carboxylic acids is 1. The molecule has 0 aromatic heterocycles. The number of rotatable bonds is 5. The van der Waals surface area contributed by atoms with Gasteiger partial charge in [-0.2, -0.15) is 0 Å². The summed E-state index contributed by atoms with van der Waals surface area (Å²) in [5.74, 6) is -0.106. The van der Waals surface area contributed by atoms with E-state index in [1.807, 2.05) is 6.07 Å². The summed E-state index contributed by atoms with van der Waals surface area (Å²) in [5.41, 5.74) is 0. The summed E-state index contributed by atoms with van der Waals surface area (Å²) in [6.45, 7) is 2.19. The van der Waals surface area contributed by atoms with Gasteiger partial charge in [-0.3, -0.25) is 0 Å². The van der Waals surface area contributed by atoms with Crippen LogP contribution in [-0.4, -0.2) is 28.0 Å². The van der Waals surface area contributed by atoms with E-state index in [2.05, 4.69) is 35.9 Å². The molecule has 0 bridgehead atoms. The molecule has 0 amide bonds. The zero-order valence-corrected chi connectivity index (χ0v) is 10.8. The van der Waals surface area contributed by atoms with Crippen LogP contribution in [0.15, 0.2) is 30.3 Å². The van der Waals surface area contributed by atoms with Crippen LogP contribution in [0.3, 0.4) is 0 Å². The predicted octanol–water partition coefficient (Wildman–Crippen LogP) is 1.78. The van der Waals surface area contributed by atoms with Crippen LogP contribution in [0.1, 0.15) is 19.8 Å². The number of esters is 1. The Hall–Kier alpha value is -0.791. The zero-order valence-electron chi connectivity index (χ0n) is 9.10. The van der Waals surface area contributed by atoms with E-state index in [-0.39, 0.29) is 5.97 Å². The van der Waals surface area contributed by atoms with Crippen molar-refractivity contribution in [1.29, 1.82) is 0 Å². The van der Waals surface area contributed by atoms with Gasteiger partial charge in [0.1, 0.15) is 0 Å². The van der Waals surface area contributed by atoms with E-state index >= 15 is 0 Å². The fraction of sp³-hybridized carbons (Fsp3) is 0.417. The molecule has 0 saturated carbocycles. The molecule has 0 heterocycles. The van der Waals surface area contributed by atoms with Crippen LogP contribution in [0, 0.1) is 0 Å². The molecular weight excluding hydrogens is 255 g/mol. The average Bonchev–Trinajstić information content (AvgIpc) is 2.27. The average molecular weight is 271 g/mol. The number of hydrogen-bond acceptors (Lipinski definition) is 2. The van der Waals surface area contributed by atoms with Crippen molar-refractivity contribution in [3.8, 4) is 0 Å². The Kier molecular flexibility index (Phi) is 5.44. The van der Waals surface area contributed by atoms with Gasteiger partial charge in [-0.25, -0.2) is 0 Å². The summed E-state index contributed by atoms with van der Waals surface area (Å²) < 4.78 is 6.01. The van der Waals surface area contributed by atoms with Gasteiger partial charge in [0.25, 0.3) is 0 Å². The van der Waals surface area contributed by atoms with Gasteiger partial charge in [0, 0.05) is 0 Å². The van der Waals surface area contributed by atoms with Crippen molar-refractivity contribution in [2.24, 2.45) is 0 Å². The molecule has 2 nitrogen and oxygen atoms in total. The molecule has 0 aliphatic rings. The van der Waals surface area contributed by atoms with Crippen LogP contribution < -0.4 is 4.46 Å². The van der Waals surface area contributed by atoms with Crippen molar-refractivity contribution in [3.63, 3.8) is 0 Å². The fourth-order valence-corrected chi connectivity index (χ4v) is 3.34. The van der Waals surface area contributed by atoms with E-state index in [4.69, 9.17) is 0 Å². The first-order chi connectivity index (χ1) is 7.22. The Balaban J connectivity index is 2.30. The summed E-state index contributed by atoms with van der Waals surface area (Å²) >= 11 is 0.454. The molecule has 0 spiro atoms. The third kappa shape index (κ3) is 5.01. The number of carbonyl (C=O) groups is 1. The summed E-state index contributed by atoms with van der Waals surface area (Å²) in [6, 6.07) is 10.4. The van der Waals surface area contributed by atoms with E-state index in [1.54, 1.807) is 0 Å². The summed E-state index contributed by atoms with van der Waals surface area (Å²) in [4.78, 5) is 11.5. The minimum absolute atomic E-state index is 0.106. The zero-order chi connectivity index (χ0) is 11.1. The van der Waals surface area contributed by atoms with Crippen LogP contribution >= 0.6 is 0 Å². The van der Waals surface area contributed by atoms with Crippen molar-refractivity contribution < 1.29 is 9.53 Å². The van der Waals surface area contributed by atoms with Crippen molar-refractivity contribution >= 4 is 25.4 Å². The van der Waals surface area contributed by atoms with Crippen LogP contribution in [0.2, 0.25) is 4.82 Å². The van der Waals surface area contributed by atoms with Gasteiger partial charge in [0.15, 0.2) is 0 Å². The third-order valence-electron chi connectivity index (χ3n) is 2.06. The predicted molar refractivity (Wildman–Crippen MR) is 62.5 cm³/mol. The minimum atomic E-state index is -0.106. The van der Waals surface area contributed by atoms with Gasteiger partial charge < -0.3 is 0 Å². The van der Waals surface area contributed by atoms with E-state index < -0.39 is 0 Å². The van der Waals surface area contributed by atoms with Gasteiger partial charge in [-0.1, -0.05) is 0 Å². The molecule has 0 fully saturated rings. The van der Waals surface area contributed by atoms with Gasteiger partial charge >= 0.3 is 96.9 Å². The third-order valence-corrected chi connectivity index (χ3v) is 4.54. The first kappa shape index (κ1) is 12.3. The van der Waals surface area contributed by atoms with Gasteiger partial charge in [0.05, 0.1) is 0 Å². The van der Waals surface area contributed by atoms with Crippen molar-refractivity contribution in [3.05, 3.63) is 30.3 Å². The van der Waals surface area contributed by atoms with Gasteiger partial charge in [-0.15, -0.1) is 0 Å². The monoisotopic (exact) mass is 272 g/mol. The van der Waals surface area contributed by atoms with Crippen LogP contribution in [-0.2, 0) is 9.53 Å². The van der Waals surface area contributed by atoms with Crippen molar-refractivity contribution in [2.75, 3.05) is 7.11 Å². The maximum atomic E-state index is 11.0. The molecule has 1 aromatic rings. The second-order valence-electron chi connectivity index (χ2n) is 3.36. The topological polar surface area (TPSA) is 26.3 Å². The first-order valence-corrected chi connectivity index (χ1v) is 6.85. The molecule has 1 unspecified atom stereocenters. The van der Waals surface area contributed by atoms with Crippen molar-refractivity contribution in [2.45, 2.75) is 24.6 Å². The molecule has 82 valence electrons. The van der Waals surface area contributed by atoms with Crippen molar-refractivity contribution in [1.82, 2.24) is 0 Å². The second-order valence-corrected chi connectivity index (χ2v) is 6.53. The maximum absolute atomic E-state index is 11.0. The quantitative estimate of drug-likeness (QED) is 0.602. The Morgan fingerprint density at radius 1 is 1.40 bits per heavy atom. The first-order valence-electron chi connectivity index (χ1n) is 5.01. The van der Waals surface area contributed by atoms with Gasteiger partial charge in [0.2, 0.25) is 0 Å². The molecular formula is C12H16O2Se. The molecule has 3 heteroatoms. The van der Waals surface area contributed by atoms with Crippen LogP contribution in [0.4, 0.5) is 0 Å². The Labute approximate surface area is 97.2 Å². The summed E-state index contributed by atoms with van der Waals surface area (Å²) in [7, 11) is 1.44. The molecule has 0 aliphatic carbocycles. The fourth-order valence-electron chi connectivity index (χ4n) is 1.21. The van der Waals surface area contributed by atoms with E-state index in [0.29, 0.717) is 26.2 Å². The van der Waals surface area contributed by atoms with Gasteiger partial charge in [-0.05, 0) is 0 Å². The van der Waals surface area contributed by atoms with E-state index in [0.717, 1.165) is 6.42 Å². The number of ether oxygens (including phenoxy) is 1. The Morgan fingerprint density at radius 3 is 2.67 bits per heavy atom. The second kappa shape index (κ2) is 6.65. The number of benzene rings is 1. The van der Waals surface area contributed by atoms with E-state index in [9.17, 15) is 4.79 Å². The molecule has 0 aliphatic heterocycles. The number of hydrogen-bond donors (Lipinski definition) is 0.